The number of nitrogens with two attached hydrogens (primary N) is 1. The average molecular weight is 302 g/mol. The molecule has 0 aliphatic rings. The van der Waals surface area contributed by atoms with Crippen LogP contribution >= 0.6 is 11.8 Å². The minimum absolute atomic E-state index is 0.128. The summed E-state index contributed by atoms with van der Waals surface area (Å²) in [6.45, 7) is 6.14. The Kier molecular flexibility index (Phi) is 5.65. The highest BCUT2D eigenvalue weighted by atomic mass is 32.2. The topological polar surface area (TPSA) is 48.1 Å². The standard InChI is InChI=1S/C17H22N2OS/c1-4-21-16-7-5-13(6-8-16)17(18)14-9-15(11-19-10-14)20-12(2)3/h5-12,17H,4,18H2,1-3H3. The number of ether oxygens (including phenoxy) is 1. The van der Waals surface area contributed by atoms with E-state index in [1.54, 1.807) is 12.4 Å². The van der Waals surface area contributed by atoms with Gasteiger partial charge in [0, 0.05) is 11.1 Å². The average Bonchev–Trinajstić information content (AvgIpc) is 2.47. The molecule has 1 unspecified atom stereocenters. The van der Waals surface area contributed by atoms with Crippen molar-refractivity contribution in [2.75, 3.05) is 5.75 Å². The van der Waals surface area contributed by atoms with Crippen molar-refractivity contribution < 1.29 is 4.74 Å². The SMILES string of the molecule is CCSc1ccc(C(N)c2cncc(OC(C)C)c2)cc1. The van der Waals surface area contributed by atoms with Gasteiger partial charge in [-0.2, -0.15) is 0 Å². The zero-order valence-electron chi connectivity index (χ0n) is 12.7. The zero-order chi connectivity index (χ0) is 15.2. The Bertz CT molecular complexity index is 569. The largest absolute Gasteiger partial charge is 0.489 e. The number of hydrogen-bond donors (Lipinski definition) is 1. The molecule has 112 valence electrons. The van der Waals surface area contributed by atoms with Gasteiger partial charge < -0.3 is 10.5 Å². The van der Waals surface area contributed by atoms with Crippen LogP contribution in [0.1, 0.15) is 37.9 Å². The zero-order valence-corrected chi connectivity index (χ0v) is 13.6. The number of thioether (sulfide) groups is 1. The first-order valence-electron chi connectivity index (χ1n) is 7.20. The molecule has 4 heteroatoms. The maximum Gasteiger partial charge on any atom is 0.138 e. The molecule has 1 atom stereocenters. The minimum Gasteiger partial charge on any atom is -0.489 e. The van der Waals surface area contributed by atoms with E-state index in [-0.39, 0.29) is 12.1 Å². The van der Waals surface area contributed by atoms with E-state index >= 15 is 0 Å². The highest BCUT2D eigenvalue weighted by molar-refractivity contribution is 7.99. The molecule has 21 heavy (non-hydrogen) atoms. The van der Waals surface area contributed by atoms with Crippen molar-refractivity contribution in [1.82, 2.24) is 4.98 Å². The summed E-state index contributed by atoms with van der Waals surface area (Å²) in [5.41, 5.74) is 8.38. The highest BCUT2D eigenvalue weighted by Crippen LogP contribution is 2.25. The van der Waals surface area contributed by atoms with Gasteiger partial charge in [-0.1, -0.05) is 19.1 Å². The molecule has 0 aliphatic heterocycles. The molecule has 0 saturated carbocycles. The predicted octanol–water partition coefficient (Wildman–Crippen LogP) is 4.03. The normalized spacial score (nSPS) is 12.4. The van der Waals surface area contributed by atoms with Crippen molar-refractivity contribution in [3.8, 4) is 5.75 Å². The molecule has 0 saturated heterocycles. The summed E-state index contributed by atoms with van der Waals surface area (Å²) in [6, 6.07) is 10.2. The fourth-order valence-electron chi connectivity index (χ4n) is 2.07. The first-order valence-corrected chi connectivity index (χ1v) is 8.18. The lowest BCUT2D eigenvalue weighted by Gasteiger charge is -2.15. The first kappa shape index (κ1) is 15.9. The minimum atomic E-state index is -0.186. The maximum absolute atomic E-state index is 6.34. The van der Waals surface area contributed by atoms with Crippen LogP contribution in [0.3, 0.4) is 0 Å². The summed E-state index contributed by atoms with van der Waals surface area (Å²) in [7, 11) is 0. The summed E-state index contributed by atoms with van der Waals surface area (Å²) in [6.07, 6.45) is 3.65. The second kappa shape index (κ2) is 7.48. The molecule has 0 spiro atoms. The van der Waals surface area contributed by atoms with Gasteiger partial charge in [0.25, 0.3) is 0 Å². The van der Waals surface area contributed by atoms with Crippen molar-refractivity contribution >= 4 is 11.8 Å². The van der Waals surface area contributed by atoms with Crippen LogP contribution < -0.4 is 10.5 Å². The van der Waals surface area contributed by atoms with Crippen molar-refractivity contribution in [2.24, 2.45) is 5.73 Å². The van der Waals surface area contributed by atoms with Crippen molar-refractivity contribution in [1.29, 1.82) is 0 Å². The lowest BCUT2D eigenvalue weighted by atomic mass is 10.0. The van der Waals surface area contributed by atoms with Gasteiger partial charge in [-0.3, -0.25) is 4.98 Å². The molecule has 3 nitrogen and oxygen atoms in total. The van der Waals surface area contributed by atoms with Crippen molar-refractivity contribution in [3.05, 3.63) is 53.9 Å². The first-order chi connectivity index (χ1) is 10.1. The third-order valence-electron chi connectivity index (χ3n) is 3.02. The fraction of sp³-hybridized carbons (Fsp3) is 0.353. The maximum atomic E-state index is 6.34. The molecule has 0 bridgehead atoms. The summed E-state index contributed by atoms with van der Waals surface area (Å²) in [5.74, 6) is 1.83. The number of pyridine rings is 1. The van der Waals surface area contributed by atoms with Crippen LogP contribution in [-0.2, 0) is 0 Å². The summed E-state index contributed by atoms with van der Waals surface area (Å²) >= 11 is 1.83. The molecule has 2 N–H and O–H groups in total. The summed E-state index contributed by atoms with van der Waals surface area (Å²) < 4.78 is 5.67. The smallest absolute Gasteiger partial charge is 0.138 e. The molecule has 2 aromatic rings. The Balaban J connectivity index is 2.16. The number of nitrogens with zero attached hydrogens (tertiary/aromatic N) is 1. The third kappa shape index (κ3) is 4.48. The van der Waals surface area contributed by atoms with Gasteiger partial charge in [0.05, 0.1) is 18.3 Å². The van der Waals surface area contributed by atoms with Gasteiger partial charge in [-0.25, -0.2) is 0 Å². The Labute approximate surface area is 130 Å². The Morgan fingerprint density at radius 1 is 1.14 bits per heavy atom. The predicted molar refractivity (Wildman–Crippen MR) is 88.9 cm³/mol. The second-order valence-electron chi connectivity index (χ2n) is 5.10. The van der Waals surface area contributed by atoms with E-state index in [0.717, 1.165) is 22.6 Å². The quantitative estimate of drug-likeness (QED) is 0.818. The van der Waals surface area contributed by atoms with E-state index in [1.807, 2.05) is 31.7 Å². The van der Waals surface area contributed by atoms with Crippen LogP contribution in [0.5, 0.6) is 5.75 Å². The summed E-state index contributed by atoms with van der Waals surface area (Å²) in [5, 5.41) is 0. The van der Waals surface area contributed by atoms with E-state index in [9.17, 15) is 0 Å². The van der Waals surface area contributed by atoms with Crippen LogP contribution in [0.25, 0.3) is 0 Å². The van der Waals surface area contributed by atoms with E-state index in [2.05, 4.69) is 36.2 Å². The summed E-state index contributed by atoms with van der Waals surface area (Å²) in [4.78, 5) is 5.49. The highest BCUT2D eigenvalue weighted by Gasteiger charge is 2.11. The van der Waals surface area contributed by atoms with Crippen LogP contribution in [0.2, 0.25) is 0 Å². The van der Waals surface area contributed by atoms with Crippen LogP contribution in [0.15, 0.2) is 47.6 Å². The molecule has 0 aliphatic carbocycles. The van der Waals surface area contributed by atoms with E-state index < -0.39 is 0 Å². The number of benzene rings is 1. The molecule has 0 radical (unpaired) electrons. The number of rotatable bonds is 6. The second-order valence-corrected chi connectivity index (χ2v) is 6.44. The lowest BCUT2D eigenvalue weighted by molar-refractivity contribution is 0.241. The molecule has 2 rings (SSSR count). The Morgan fingerprint density at radius 3 is 2.48 bits per heavy atom. The van der Waals surface area contributed by atoms with Gasteiger partial charge in [-0.15, -0.1) is 11.8 Å². The van der Waals surface area contributed by atoms with Gasteiger partial charge in [0.15, 0.2) is 0 Å². The molecular formula is C17H22N2OS. The number of aromatic nitrogens is 1. The van der Waals surface area contributed by atoms with Crippen molar-refractivity contribution in [3.63, 3.8) is 0 Å². The van der Waals surface area contributed by atoms with E-state index in [0.29, 0.717) is 0 Å². The number of hydrogen-bond acceptors (Lipinski definition) is 4. The fourth-order valence-corrected chi connectivity index (χ4v) is 2.73. The van der Waals surface area contributed by atoms with Gasteiger partial charge in [0.1, 0.15) is 5.75 Å². The van der Waals surface area contributed by atoms with Crippen molar-refractivity contribution in [2.45, 2.75) is 37.8 Å². The van der Waals surface area contributed by atoms with Gasteiger partial charge in [-0.05, 0) is 48.9 Å². The van der Waals surface area contributed by atoms with Crippen LogP contribution in [-0.4, -0.2) is 16.8 Å². The van der Waals surface area contributed by atoms with Crippen LogP contribution in [0, 0.1) is 0 Å². The Hall–Kier alpha value is -1.52. The van der Waals surface area contributed by atoms with Gasteiger partial charge >= 0.3 is 0 Å². The van der Waals surface area contributed by atoms with E-state index in [1.165, 1.54) is 4.90 Å². The van der Waals surface area contributed by atoms with Gasteiger partial charge in [0.2, 0.25) is 0 Å². The molecule has 1 heterocycles. The third-order valence-corrected chi connectivity index (χ3v) is 3.91. The molecule has 1 aromatic carbocycles. The van der Waals surface area contributed by atoms with E-state index in [4.69, 9.17) is 10.5 Å². The monoisotopic (exact) mass is 302 g/mol. The Morgan fingerprint density at radius 2 is 1.86 bits per heavy atom. The molecule has 1 aromatic heterocycles. The molecule has 0 amide bonds. The lowest BCUT2D eigenvalue weighted by Crippen LogP contribution is -2.13. The van der Waals surface area contributed by atoms with Crippen LogP contribution in [0.4, 0.5) is 0 Å². The molecule has 0 fully saturated rings. The molecular weight excluding hydrogens is 280 g/mol.